The smallest absolute Gasteiger partial charge is 0.241 e. The Morgan fingerprint density at radius 1 is 1.48 bits per heavy atom. The molecule has 3 N–H and O–H groups in total. The third-order valence-electron chi connectivity index (χ3n) is 4.29. The van der Waals surface area contributed by atoms with Gasteiger partial charge in [-0.2, -0.15) is 0 Å². The van der Waals surface area contributed by atoms with E-state index in [1.165, 1.54) is 25.7 Å². The summed E-state index contributed by atoms with van der Waals surface area (Å²) in [5.74, 6) is -0.0181. The fraction of sp³-hybridized carbons (Fsp3) is 0.562. The number of nitrogens with one attached hydrogen (secondary N) is 1. The van der Waals surface area contributed by atoms with Crippen LogP contribution in [0.2, 0.25) is 5.02 Å². The molecule has 1 aromatic carbocycles. The van der Waals surface area contributed by atoms with Crippen LogP contribution in [0.3, 0.4) is 0 Å². The van der Waals surface area contributed by atoms with Crippen LogP contribution in [-0.4, -0.2) is 29.4 Å². The number of amides is 1. The largest absolute Gasteiger partial charge is 0.399 e. The average Bonchev–Trinajstić information content (AvgIpc) is 2.96. The van der Waals surface area contributed by atoms with E-state index < -0.39 is 0 Å². The summed E-state index contributed by atoms with van der Waals surface area (Å²) < 4.78 is 0. The van der Waals surface area contributed by atoms with Crippen LogP contribution in [0.4, 0.5) is 11.4 Å². The third-order valence-corrected chi connectivity index (χ3v) is 4.60. The summed E-state index contributed by atoms with van der Waals surface area (Å²) in [6, 6.07) is 5.50. The van der Waals surface area contributed by atoms with Gasteiger partial charge in [-0.05, 0) is 44.5 Å². The Kier molecular flexibility index (Phi) is 5.48. The average molecular weight is 310 g/mol. The molecular formula is C16H24ClN3O. The van der Waals surface area contributed by atoms with Crippen LogP contribution in [0.25, 0.3) is 0 Å². The molecule has 21 heavy (non-hydrogen) atoms. The molecule has 1 amide bonds. The van der Waals surface area contributed by atoms with Gasteiger partial charge in [-0.3, -0.25) is 9.69 Å². The van der Waals surface area contributed by atoms with Gasteiger partial charge in [0.05, 0.1) is 16.8 Å². The molecule has 4 nitrogen and oxygen atoms in total. The monoisotopic (exact) mass is 309 g/mol. The molecule has 1 atom stereocenters. The lowest BCUT2D eigenvalue weighted by molar-refractivity contribution is -0.121. The molecular weight excluding hydrogens is 286 g/mol. The molecule has 1 aliphatic rings. The number of hydrogen-bond donors (Lipinski definition) is 2. The highest BCUT2D eigenvalue weighted by Gasteiger charge is 2.29. The minimum atomic E-state index is -0.160. The van der Waals surface area contributed by atoms with E-state index in [1.54, 1.807) is 18.2 Å². The highest BCUT2D eigenvalue weighted by Crippen LogP contribution is 2.27. The molecule has 1 saturated carbocycles. The number of anilines is 2. The maximum absolute atomic E-state index is 12.5. The van der Waals surface area contributed by atoms with Crippen LogP contribution < -0.4 is 11.1 Å². The van der Waals surface area contributed by atoms with Crippen molar-refractivity contribution < 1.29 is 4.79 Å². The van der Waals surface area contributed by atoms with Crippen LogP contribution in [0.5, 0.6) is 0 Å². The molecule has 0 spiro atoms. The molecule has 0 bridgehead atoms. The van der Waals surface area contributed by atoms with E-state index in [4.69, 9.17) is 17.3 Å². The topological polar surface area (TPSA) is 58.4 Å². The third kappa shape index (κ3) is 3.89. The number of benzene rings is 1. The van der Waals surface area contributed by atoms with E-state index in [0.717, 1.165) is 6.54 Å². The number of halogens is 1. The zero-order valence-corrected chi connectivity index (χ0v) is 13.5. The second-order valence-electron chi connectivity index (χ2n) is 5.67. The molecule has 0 saturated heterocycles. The van der Waals surface area contributed by atoms with Gasteiger partial charge in [0.1, 0.15) is 0 Å². The number of nitrogens with two attached hydrogens (primary N) is 1. The lowest BCUT2D eigenvalue weighted by Gasteiger charge is -2.32. The van der Waals surface area contributed by atoms with Gasteiger partial charge in [0.15, 0.2) is 0 Å². The van der Waals surface area contributed by atoms with Crippen molar-refractivity contribution in [3.8, 4) is 0 Å². The number of carbonyl (C=O) groups excluding carboxylic acids is 1. The van der Waals surface area contributed by atoms with E-state index in [-0.39, 0.29) is 11.9 Å². The van der Waals surface area contributed by atoms with Crippen LogP contribution >= 0.6 is 11.6 Å². The summed E-state index contributed by atoms with van der Waals surface area (Å²) in [7, 11) is 0. The second-order valence-corrected chi connectivity index (χ2v) is 6.08. The highest BCUT2D eigenvalue weighted by molar-refractivity contribution is 6.34. The van der Waals surface area contributed by atoms with E-state index in [1.807, 2.05) is 6.92 Å². The first-order valence-electron chi connectivity index (χ1n) is 7.64. The molecule has 1 unspecified atom stereocenters. The quantitative estimate of drug-likeness (QED) is 0.818. The van der Waals surface area contributed by atoms with Gasteiger partial charge in [-0.1, -0.05) is 31.4 Å². The Balaban J connectivity index is 2.03. The molecule has 116 valence electrons. The van der Waals surface area contributed by atoms with Gasteiger partial charge in [0.25, 0.3) is 0 Å². The van der Waals surface area contributed by atoms with Crippen molar-refractivity contribution in [2.45, 2.75) is 51.6 Å². The van der Waals surface area contributed by atoms with Gasteiger partial charge < -0.3 is 11.1 Å². The van der Waals surface area contributed by atoms with Crippen molar-refractivity contribution in [3.63, 3.8) is 0 Å². The van der Waals surface area contributed by atoms with Crippen molar-refractivity contribution in [3.05, 3.63) is 23.2 Å². The first kappa shape index (κ1) is 16.1. The number of rotatable bonds is 5. The minimum Gasteiger partial charge on any atom is -0.399 e. The molecule has 0 aliphatic heterocycles. The first-order valence-corrected chi connectivity index (χ1v) is 8.02. The lowest BCUT2D eigenvalue weighted by Crippen LogP contribution is -2.46. The Labute approximate surface area is 131 Å². The van der Waals surface area contributed by atoms with Crippen molar-refractivity contribution in [2.24, 2.45) is 0 Å². The Morgan fingerprint density at radius 3 is 2.71 bits per heavy atom. The first-order chi connectivity index (χ1) is 10.0. The van der Waals surface area contributed by atoms with Crippen LogP contribution in [-0.2, 0) is 4.79 Å². The van der Waals surface area contributed by atoms with Crippen molar-refractivity contribution >= 4 is 28.9 Å². The van der Waals surface area contributed by atoms with Gasteiger partial charge in [0, 0.05) is 11.7 Å². The Morgan fingerprint density at radius 2 is 2.14 bits per heavy atom. The Bertz CT molecular complexity index is 500. The predicted octanol–water partition coefficient (Wildman–Crippen LogP) is 3.51. The van der Waals surface area contributed by atoms with Crippen molar-refractivity contribution in [1.82, 2.24) is 4.90 Å². The summed E-state index contributed by atoms with van der Waals surface area (Å²) in [5.41, 5.74) is 6.87. The van der Waals surface area contributed by atoms with Gasteiger partial charge >= 0.3 is 0 Å². The van der Waals surface area contributed by atoms with Gasteiger partial charge in [-0.15, -0.1) is 0 Å². The van der Waals surface area contributed by atoms with Gasteiger partial charge in [-0.25, -0.2) is 0 Å². The summed E-state index contributed by atoms with van der Waals surface area (Å²) in [5, 5.41) is 3.38. The highest BCUT2D eigenvalue weighted by atomic mass is 35.5. The van der Waals surface area contributed by atoms with Gasteiger partial charge in [0.2, 0.25) is 5.91 Å². The molecule has 0 aromatic heterocycles. The second kappa shape index (κ2) is 7.14. The van der Waals surface area contributed by atoms with E-state index >= 15 is 0 Å². The molecule has 0 radical (unpaired) electrons. The SMILES string of the molecule is CCN(C1CCCC1)C(C)C(=O)Nc1ccc(N)cc1Cl. The molecule has 5 heteroatoms. The number of nitrogen functional groups attached to an aromatic ring is 1. The fourth-order valence-electron chi connectivity index (χ4n) is 3.10. The normalized spacial score (nSPS) is 17.1. The van der Waals surface area contributed by atoms with E-state index in [0.29, 0.717) is 22.4 Å². The zero-order chi connectivity index (χ0) is 15.4. The number of hydrogen-bond acceptors (Lipinski definition) is 3. The molecule has 0 heterocycles. The summed E-state index contributed by atoms with van der Waals surface area (Å²) in [4.78, 5) is 14.7. The fourth-order valence-corrected chi connectivity index (χ4v) is 3.34. The van der Waals surface area contributed by atoms with Crippen molar-refractivity contribution in [2.75, 3.05) is 17.6 Å². The molecule has 2 rings (SSSR count). The minimum absolute atomic E-state index is 0.0181. The zero-order valence-electron chi connectivity index (χ0n) is 12.7. The Hall–Kier alpha value is -1.26. The van der Waals surface area contributed by atoms with E-state index in [9.17, 15) is 4.79 Å². The summed E-state index contributed by atoms with van der Waals surface area (Å²) in [6.07, 6.45) is 4.90. The number of likely N-dealkylation sites (N-methyl/N-ethyl adjacent to an activating group) is 1. The standard InChI is InChI=1S/C16H24ClN3O/c1-3-20(13-6-4-5-7-13)11(2)16(21)19-15-9-8-12(18)10-14(15)17/h8-11,13H,3-7,18H2,1-2H3,(H,19,21). The summed E-state index contributed by atoms with van der Waals surface area (Å²) >= 11 is 6.11. The van der Waals surface area contributed by atoms with Crippen LogP contribution in [0, 0.1) is 0 Å². The molecule has 1 aromatic rings. The van der Waals surface area contributed by atoms with E-state index in [2.05, 4.69) is 17.1 Å². The van der Waals surface area contributed by atoms with Crippen molar-refractivity contribution in [1.29, 1.82) is 0 Å². The molecule has 1 aliphatic carbocycles. The maximum Gasteiger partial charge on any atom is 0.241 e. The number of carbonyl (C=O) groups is 1. The summed E-state index contributed by atoms with van der Waals surface area (Å²) in [6.45, 7) is 4.95. The predicted molar refractivity (Wildman–Crippen MR) is 88.6 cm³/mol. The molecule has 1 fully saturated rings. The van der Waals surface area contributed by atoms with Crippen LogP contribution in [0.15, 0.2) is 18.2 Å². The van der Waals surface area contributed by atoms with Crippen LogP contribution in [0.1, 0.15) is 39.5 Å². The number of nitrogens with zero attached hydrogens (tertiary/aromatic N) is 1. The lowest BCUT2D eigenvalue weighted by atomic mass is 10.1. The maximum atomic E-state index is 12.5.